The van der Waals surface area contributed by atoms with Gasteiger partial charge in [0.15, 0.2) is 5.13 Å². The van der Waals surface area contributed by atoms with Crippen molar-refractivity contribution < 1.29 is 10.2 Å². The van der Waals surface area contributed by atoms with Crippen LogP contribution in [0.2, 0.25) is 0 Å². The quantitative estimate of drug-likeness (QED) is 0.886. The van der Waals surface area contributed by atoms with Crippen molar-refractivity contribution >= 4 is 16.5 Å². The summed E-state index contributed by atoms with van der Waals surface area (Å²) in [6, 6.07) is 4.58. The predicted molar refractivity (Wildman–Crippen MR) is 80.6 cm³/mol. The summed E-state index contributed by atoms with van der Waals surface area (Å²) in [6.07, 6.45) is 0. The van der Waals surface area contributed by atoms with Gasteiger partial charge >= 0.3 is 0 Å². The van der Waals surface area contributed by atoms with Gasteiger partial charge in [-0.2, -0.15) is 0 Å². The minimum absolute atomic E-state index is 0.0558. The highest BCUT2D eigenvalue weighted by Gasteiger charge is 2.18. The van der Waals surface area contributed by atoms with Crippen LogP contribution < -0.4 is 4.90 Å². The Balaban J connectivity index is 1.83. The molecule has 0 bridgehead atoms. The second kappa shape index (κ2) is 5.30. The fourth-order valence-corrected chi connectivity index (χ4v) is 3.15. The second-order valence-corrected chi connectivity index (χ2v) is 5.84. The zero-order chi connectivity index (χ0) is 14.1. The number of nitrogens with zero attached hydrogens (tertiary/aromatic N) is 3. The Labute approximate surface area is 121 Å². The van der Waals surface area contributed by atoms with Crippen LogP contribution in [0.4, 0.5) is 5.13 Å². The van der Waals surface area contributed by atoms with Gasteiger partial charge in [0.25, 0.3) is 0 Å². The predicted octanol–water partition coefficient (Wildman–Crippen LogP) is 1.97. The number of aromatic hydroxyl groups is 2. The number of benzene rings is 1. The first-order chi connectivity index (χ1) is 9.63. The smallest absolute Gasteiger partial charge is 0.185 e. The number of thiazole rings is 1. The van der Waals surface area contributed by atoms with Crippen LogP contribution in [0.25, 0.3) is 11.3 Å². The standard InChI is InChI=1S/C14H17N3O2S/c1-16-4-6-17(7-5-16)14-15-12(9-20-14)11-3-2-10(18)8-13(11)19/h2-3,8-9,18-19H,4-7H2,1H3. The summed E-state index contributed by atoms with van der Waals surface area (Å²) in [5.41, 5.74) is 1.40. The Kier molecular flexibility index (Phi) is 3.50. The molecule has 0 saturated carbocycles. The number of hydrogen-bond acceptors (Lipinski definition) is 6. The topological polar surface area (TPSA) is 59.8 Å². The van der Waals surface area contributed by atoms with Crippen LogP contribution in [0.3, 0.4) is 0 Å². The largest absolute Gasteiger partial charge is 0.508 e. The van der Waals surface area contributed by atoms with Crippen molar-refractivity contribution in [1.29, 1.82) is 0 Å². The molecule has 106 valence electrons. The molecule has 0 spiro atoms. The van der Waals surface area contributed by atoms with E-state index in [1.54, 1.807) is 23.5 Å². The highest BCUT2D eigenvalue weighted by atomic mass is 32.1. The Morgan fingerprint density at radius 3 is 2.60 bits per heavy atom. The lowest BCUT2D eigenvalue weighted by Crippen LogP contribution is -2.44. The summed E-state index contributed by atoms with van der Waals surface area (Å²) >= 11 is 1.59. The van der Waals surface area contributed by atoms with Gasteiger partial charge in [0.2, 0.25) is 0 Å². The fourth-order valence-electron chi connectivity index (χ4n) is 2.27. The number of piperazine rings is 1. The third-order valence-corrected chi connectivity index (χ3v) is 4.42. The SMILES string of the molecule is CN1CCN(c2nc(-c3ccc(O)cc3O)cs2)CC1. The number of likely N-dealkylation sites (N-methyl/N-ethyl adjacent to an activating group) is 1. The molecule has 3 rings (SSSR count). The van der Waals surface area contributed by atoms with Crippen LogP contribution >= 0.6 is 11.3 Å². The summed E-state index contributed by atoms with van der Waals surface area (Å²) in [7, 11) is 2.12. The molecule has 2 heterocycles. The maximum atomic E-state index is 9.88. The van der Waals surface area contributed by atoms with Crippen LogP contribution in [-0.2, 0) is 0 Å². The van der Waals surface area contributed by atoms with Crippen molar-refractivity contribution in [3.05, 3.63) is 23.6 Å². The minimum Gasteiger partial charge on any atom is -0.508 e. The molecule has 0 atom stereocenters. The summed E-state index contributed by atoms with van der Waals surface area (Å²) in [5, 5.41) is 22.1. The zero-order valence-corrected chi connectivity index (χ0v) is 12.1. The molecule has 1 fully saturated rings. The normalized spacial score (nSPS) is 16.6. The van der Waals surface area contributed by atoms with Gasteiger partial charge in [-0.25, -0.2) is 4.98 Å². The average Bonchev–Trinajstić information content (AvgIpc) is 2.89. The van der Waals surface area contributed by atoms with E-state index in [0.717, 1.165) is 37.0 Å². The second-order valence-electron chi connectivity index (χ2n) is 5.01. The van der Waals surface area contributed by atoms with Gasteiger partial charge in [-0.15, -0.1) is 11.3 Å². The summed E-state index contributed by atoms with van der Waals surface area (Å²) < 4.78 is 0. The molecule has 1 aromatic heterocycles. The zero-order valence-electron chi connectivity index (χ0n) is 11.3. The minimum atomic E-state index is 0.0558. The molecule has 0 amide bonds. The van der Waals surface area contributed by atoms with E-state index in [1.807, 2.05) is 5.38 Å². The Bertz CT molecular complexity index is 606. The van der Waals surface area contributed by atoms with Gasteiger partial charge in [-0.05, 0) is 19.2 Å². The Morgan fingerprint density at radius 1 is 1.15 bits per heavy atom. The van der Waals surface area contributed by atoms with Gasteiger partial charge in [0.1, 0.15) is 11.5 Å². The van der Waals surface area contributed by atoms with E-state index in [-0.39, 0.29) is 11.5 Å². The molecular formula is C14H17N3O2S. The number of phenols is 2. The molecule has 0 radical (unpaired) electrons. The fraction of sp³-hybridized carbons (Fsp3) is 0.357. The van der Waals surface area contributed by atoms with Crippen LogP contribution in [0.1, 0.15) is 0 Å². The van der Waals surface area contributed by atoms with Gasteiger partial charge in [0, 0.05) is 43.2 Å². The number of aromatic nitrogens is 1. The van der Waals surface area contributed by atoms with Crippen LogP contribution in [0.15, 0.2) is 23.6 Å². The van der Waals surface area contributed by atoms with E-state index in [1.165, 1.54) is 6.07 Å². The first kappa shape index (κ1) is 13.2. The first-order valence-electron chi connectivity index (χ1n) is 6.55. The van der Waals surface area contributed by atoms with Crippen LogP contribution in [-0.4, -0.2) is 53.3 Å². The van der Waals surface area contributed by atoms with E-state index in [0.29, 0.717) is 5.56 Å². The van der Waals surface area contributed by atoms with Crippen molar-refractivity contribution in [1.82, 2.24) is 9.88 Å². The van der Waals surface area contributed by atoms with Gasteiger partial charge in [-0.3, -0.25) is 0 Å². The number of anilines is 1. The summed E-state index contributed by atoms with van der Waals surface area (Å²) in [6.45, 7) is 4.04. The highest BCUT2D eigenvalue weighted by Crippen LogP contribution is 2.34. The van der Waals surface area contributed by atoms with E-state index in [2.05, 4.69) is 21.8 Å². The molecule has 1 aliphatic rings. The molecule has 0 aliphatic carbocycles. The Morgan fingerprint density at radius 2 is 1.90 bits per heavy atom. The van der Waals surface area contributed by atoms with Gasteiger partial charge < -0.3 is 20.0 Å². The molecule has 2 aromatic rings. The molecule has 1 aromatic carbocycles. The van der Waals surface area contributed by atoms with E-state index in [9.17, 15) is 10.2 Å². The van der Waals surface area contributed by atoms with Crippen molar-refractivity contribution in [2.24, 2.45) is 0 Å². The van der Waals surface area contributed by atoms with Crippen LogP contribution in [0, 0.1) is 0 Å². The first-order valence-corrected chi connectivity index (χ1v) is 7.43. The molecule has 6 heteroatoms. The lowest BCUT2D eigenvalue weighted by atomic mass is 10.1. The Hall–Kier alpha value is -1.79. The van der Waals surface area contributed by atoms with E-state index >= 15 is 0 Å². The highest BCUT2D eigenvalue weighted by molar-refractivity contribution is 7.14. The van der Waals surface area contributed by atoms with Gasteiger partial charge in [0.05, 0.1) is 5.69 Å². The lowest BCUT2D eigenvalue weighted by Gasteiger charge is -2.32. The molecule has 1 saturated heterocycles. The number of hydrogen-bond donors (Lipinski definition) is 2. The van der Waals surface area contributed by atoms with Crippen molar-refractivity contribution in [2.75, 3.05) is 38.1 Å². The van der Waals surface area contributed by atoms with Crippen molar-refractivity contribution in [2.45, 2.75) is 0 Å². The molecule has 1 aliphatic heterocycles. The van der Waals surface area contributed by atoms with Crippen LogP contribution in [0.5, 0.6) is 11.5 Å². The van der Waals surface area contributed by atoms with Crippen molar-refractivity contribution in [3.8, 4) is 22.8 Å². The molecule has 5 nitrogen and oxygen atoms in total. The van der Waals surface area contributed by atoms with E-state index in [4.69, 9.17) is 0 Å². The van der Waals surface area contributed by atoms with E-state index < -0.39 is 0 Å². The molecule has 2 N–H and O–H groups in total. The molecular weight excluding hydrogens is 274 g/mol. The summed E-state index contributed by atoms with van der Waals surface area (Å²) in [5.74, 6) is 0.112. The number of phenolic OH excluding ortho intramolecular Hbond substituents is 2. The molecule has 0 unspecified atom stereocenters. The maximum Gasteiger partial charge on any atom is 0.185 e. The third kappa shape index (κ3) is 2.57. The average molecular weight is 291 g/mol. The lowest BCUT2D eigenvalue weighted by molar-refractivity contribution is 0.313. The van der Waals surface area contributed by atoms with Crippen molar-refractivity contribution in [3.63, 3.8) is 0 Å². The maximum absolute atomic E-state index is 9.88. The van der Waals surface area contributed by atoms with Gasteiger partial charge in [-0.1, -0.05) is 0 Å². The third-order valence-electron chi connectivity index (χ3n) is 3.52. The molecule has 20 heavy (non-hydrogen) atoms. The monoisotopic (exact) mass is 291 g/mol. The number of rotatable bonds is 2. The summed E-state index contributed by atoms with van der Waals surface area (Å²) in [4.78, 5) is 9.18.